The number of anilines is 1. The molecule has 0 aliphatic heterocycles. The van der Waals surface area contributed by atoms with E-state index in [1.165, 1.54) is 12.1 Å². The first kappa shape index (κ1) is 17.6. The average Bonchev–Trinajstić information content (AvgIpc) is 3.05. The lowest BCUT2D eigenvalue weighted by Gasteiger charge is -2.09. The molecule has 0 fully saturated rings. The summed E-state index contributed by atoms with van der Waals surface area (Å²) in [5.41, 5.74) is 7.15. The molecule has 0 spiro atoms. The van der Waals surface area contributed by atoms with E-state index >= 15 is 0 Å². The van der Waals surface area contributed by atoms with Crippen molar-refractivity contribution in [2.24, 2.45) is 0 Å². The Hall–Kier alpha value is -3.20. The van der Waals surface area contributed by atoms with Gasteiger partial charge in [0.25, 0.3) is 5.69 Å². The van der Waals surface area contributed by atoms with Crippen molar-refractivity contribution >= 4 is 39.8 Å². The standard InChI is InChI=1S/C17H13BrN4O4/c18-14-9-11(4-8-16-20-21-17(19)26-16)3-7-15(14)25-10-12-1-5-13(6-2-12)22(23)24/h1-9H,10H2,(H2,19,21)/b8-4+. The number of nitro groups is 1. The van der Waals surface area contributed by atoms with Crippen molar-refractivity contribution in [2.75, 3.05) is 5.73 Å². The SMILES string of the molecule is Nc1nnc(/C=C/c2ccc(OCc3ccc([N+](=O)[O-])cc3)c(Br)c2)o1. The summed E-state index contributed by atoms with van der Waals surface area (Å²) in [6.07, 6.45) is 3.46. The lowest BCUT2D eigenvalue weighted by molar-refractivity contribution is -0.384. The van der Waals surface area contributed by atoms with Crippen LogP contribution < -0.4 is 10.5 Å². The fourth-order valence-corrected chi connectivity index (χ4v) is 2.61. The van der Waals surface area contributed by atoms with E-state index in [1.807, 2.05) is 18.2 Å². The normalized spacial score (nSPS) is 11.0. The molecule has 2 aromatic carbocycles. The highest BCUT2D eigenvalue weighted by Crippen LogP contribution is 2.28. The third-order valence-electron chi connectivity index (χ3n) is 3.37. The molecule has 26 heavy (non-hydrogen) atoms. The highest BCUT2D eigenvalue weighted by atomic mass is 79.9. The van der Waals surface area contributed by atoms with Gasteiger partial charge in [0.1, 0.15) is 12.4 Å². The molecule has 8 nitrogen and oxygen atoms in total. The Kier molecular flexibility index (Phi) is 5.28. The first-order chi connectivity index (χ1) is 12.5. The number of nitrogen functional groups attached to an aromatic ring is 1. The Bertz CT molecular complexity index is 954. The maximum Gasteiger partial charge on any atom is 0.313 e. The number of ether oxygens (including phenoxy) is 1. The zero-order chi connectivity index (χ0) is 18.5. The Morgan fingerprint density at radius 2 is 1.96 bits per heavy atom. The van der Waals surface area contributed by atoms with Gasteiger partial charge in [-0.3, -0.25) is 10.1 Å². The molecule has 0 radical (unpaired) electrons. The predicted octanol–water partition coefficient (Wildman–Crippen LogP) is 4.07. The van der Waals surface area contributed by atoms with Gasteiger partial charge < -0.3 is 14.9 Å². The number of rotatable bonds is 6. The van der Waals surface area contributed by atoms with Gasteiger partial charge in [-0.25, -0.2) is 0 Å². The minimum absolute atomic E-state index is 0.0147. The lowest BCUT2D eigenvalue weighted by Crippen LogP contribution is -1.97. The Morgan fingerprint density at radius 3 is 2.58 bits per heavy atom. The molecule has 2 N–H and O–H groups in total. The molecule has 0 aliphatic carbocycles. The van der Waals surface area contributed by atoms with Crippen molar-refractivity contribution < 1.29 is 14.1 Å². The second-order valence-corrected chi connectivity index (χ2v) is 6.07. The molecule has 1 heterocycles. The molecule has 1 aromatic heterocycles. The van der Waals surface area contributed by atoms with Crippen molar-refractivity contribution in [1.82, 2.24) is 10.2 Å². The number of benzene rings is 2. The van der Waals surface area contributed by atoms with Crippen LogP contribution in [0.25, 0.3) is 12.2 Å². The molecular formula is C17H13BrN4O4. The van der Waals surface area contributed by atoms with Crippen LogP contribution in [0, 0.1) is 10.1 Å². The summed E-state index contributed by atoms with van der Waals surface area (Å²) in [4.78, 5) is 10.2. The van der Waals surface area contributed by atoms with Crippen molar-refractivity contribution in [3.8, 4) is 5.75 Å². The van der Waals surface area contributed by atoms with E-state index in [2.05, 4.69) is 26.1 Å². The summed E-state index contributed by atoms with van der Waals surface area (Å²) >= 11 is 3.46. The largest absolute Gasteiger partial charge is 0.488 e. The van der Waals surface area contributed by atoms with Crippen LogP contribution in [-0.4, -0.2) is 15.1 Å². The number of hydrogen-bond acceptors (Lipinski definition) is 7. The predicted molar refractivity (Wildman–Crippen MR) is 99.2 cm³/mol. The lowest BCUT2D eigenvalue weighted by atomic mass is 10.2. The van der Waals surface area contributed by atoms with Crippen LogP contribution >= 0.6 is 15.9 Å². The van der Waals surface area contributed by atoms with E-state index in [-0.39, 0.29) is 11.7 Å². The van der Waals surface area contributed by atoms with E-state index in [1.54, 1.807) is 24.3 Å². The quantitative estimate of drug-likeness (QED) is 0.475. The van der Waals surface area contributed by atoms with Gasteiger partial charge in [-0.05, 0) is 57.4 Å². The molecule has 3 rings (SSSR count). The smallest absolute Gasteiger partial charge is 0.313 e. The number of non-ortho nitro benzene ring substituents is 1. The maximum absolute atomic E-state index is 10.7. The van der Waals surface area contributed by atoms with Gasteiger partial charge in [0.15, 0.2) is 0 Å². The van der Waals surface area contributed by atoms with Crippen LogP contribution in [0.15, 0.2) is 51.4 Å². The van der Waals surface area contributed by atoms with Crippen molar-refractivity contribution in [3.63, 3.8) is 0 Å². The van der Waals surface area contributed by atoms with E-state index < -0.39 is 4.92 Å². The van der Waals surface area contributed by atoms with Gasteiger partial charge in [0.05, 0.1) is 9.40 Å². The Labute approximate surface area is 156 Å². The summed E-state index contributed by atoms with van der Waals surface area (Å²) in [7, 11) is 0. The average molecular weight is 417 g/mol. The molecule has 0 saturated heterocycles. The second-order valence-electron chi connectivity index (χ2n) is 5.21. The van der Waals surface area contributed by atoms with Crippen LogP contribution in [0.3, 0.4) is 0 Å². The van der Waals surface area contributed by atoms with Crippen LogP contribution in [-0.2, 0) is 6.61 Å². The van der Waals surface area contributed by atoms with Gasteiger partial charge >= 0.3 is 6.01 Å². The third kappa shape index (κ3) is 4.45. The number of halogens is 1. The number of nitro benzene ring substituents is 1. The molecule has 132 valence electrons. The molecule has 0 unspecified atom stereocenters. The van der Waals surface area contributed by atoms with Gasteiger partial charge in [-0.15, -0.1) is 5.10 Å². The van der Waals surface area contributed by atoms with Crippen LogP contribution in [0.5, 0.6) is 5.75 Å². The van der Waals surface area contributed by atoms with Crippen LogP contribution in [0.4, 0.5) is 11.7 Å². The van der Waals surface area contributed by atoms with Crippen molar-refractivity contribution in [1.29, 1.82) is 0 Å². The molecule has 0 amide bonds. The summed E-state index contributed by atoms with van der Waals surface area (Å²) in [5, 5.41) is 18.0. The van der Waals surface area contributed by atoms with E-state index in [0.717, 1.165) is 15.6 Å². The van der Waals surface area contributed by atoms with Crippen molar-refractivity contribution in [2.45, 2.75) is 6.61 Å². The second kappa shape index (κ2) is 7.79. The van der Waals surface area contributed by atoms with Crippen LogP contribution in [0.2, 0.25) is 0 Å². The maximum atomic E-state index is 10.7. The number of hydrogen-bond donors (Lipinski definition) is 1. The minimum Gasteiger partial charge on any atom is -0.488 e. The topological polar surface area (TPSA) is 117 Å². The molecule has 0 aliphatic rings. The summed E-state index contributed by atoms with van der Waals surface area (Å²) in [6.45, 7) is 0.299. The summed E-state index contributed by atoms with van der Waals surface area (Å²) in [5.74, 6) is 0.972. The number of nitrogens with zero attached hydrogens (tertiary/aromatic N) is 3. The van der Waals surface area contributed by atoms with Gasteiger partial charge in [0.2, 0.25) is 5.89 Å². The zero-order valence-corrected chi connectivity index (χ0v) is 14.9. The van der Waals surface area contributed by atoms with Gasteiger partial charge in [0, 0.05) is 18.2 Å². The molecular weight excluding hydrogens is 404 g/mol. The summed E-state index contributed by atoms with van der Waals surface area (Å²) in [6, 6.07) is 11.8. The fraction of sp³-hybridized carbons (Fsp3) is 0.0588. The molecule has 0 bridgehead atoms. The third-order valence-corrected chi connectivity index (χ3v) is 3.99. The van der Waals surface area contributed by atoms with Crippen LogP contribution in [0.1, 0.15) is 17.0 Å². The first-order valence-corrected chi connectivity index (χ1v) is 8.23. The minimum atomic E-state index is -0.434. The highest BCUT2D eigenvalue weighted by molar-refractivity contribution is 9.10. The highest BCUT2D eigenvalue weighted by Gasteiger charge is 2.06. The Morgan fingerprint density at radius 1 is 1.19 bits per heavy atom. The molecule has 0 atom stereocenters. The van der Waals surface area contributed by atoms with Gasteiger partial charge in [-0.2, -0.15) is 0 Å². The molecule has 0 saturated carbocycles. The molecule has 3 aromatic rings. The van der Waals surface area contributed by atoms with E-state index in [9.17, 15) is 10.1 Å². The van der Waals surface area contributed by atoms with Gasteiger partial charge in [-0.1, -0.05) is 11.2 Å². The first-order valence-electron chi connectivity index (χ1n) is 7.44. The molecule has 9 heteroatoms. The Balaban J connectivity index is 1.64. The fourth-order valence-electron chi connectivity index (χ4n) is 2.09. The number of aromatic nitrogens is 2. The van der Waals surface area contributed by atoms with E-state index in [0.29, 0.717) is 18.2 Å². The monoisotopic (exact) mass is 416 g/mol. The summed E-state index contributed by atoms with van der Waals surface area (Å²) < 4.78 is 11.6. The van der Waals surface area contributed by atoms with Crippen molar-refractivity contribution in [3.05, 3.63) is 74.1 Å². The number of nitrogens with two attached hydrogens (primary N) is 1. The van der Waals surface area contributed by atoms with E-state index in [4.69, 9.17) is 14.9 Å². The zero-order valence-electron chi connectivity index (χ0n) is 13.3.